The number of methoxy groups -OCH3 is 1. The molecule has 1 aromatic heterocycles. The number of nitrogens with one attached hydrogen (secondary N) is 1. The minimum Gasteiger partial charge on any atom is -0.497 e. The van der Waals surface area contributed by atoms with E-state index < -0.39 is 5.92 Å². The van der Waals surface area contributed by atoms with E-state index in [9.17, 15) is 14.4 Å². The molecule has 0 radical (unpaired) electrons. The van der Waals surface area contributed by atoms with E-state index in [2.05, 4.69) is 5.32 Å². The molecule has 1 fully saturated rings. The van der Waals surface area contributed by atoms with Crippen LogP contribution in [-0.2, 0) is 16.6 Å². The van der Waals surface area contributed by atoms with Crippen molar-refractivity contribution in [3.8, 4) is 11.4 Å². The Kier molecular flexibility index (Phi) is 5.37. The van der Waals surface area contributed by atoms with E-state index in [0.29, 0.717) is 22.8 Å². The Morgan fingerprint density at radius 2 is 1.71 bits per heavy atom. The van der Waals surface area contributed by atoms with Crippen LogP contribution in [0.3, 0.4) is 0 Å². The first-order chi connectivity index (χ1) is 14.9. The first kappa shape index (κ1) is 20.5. The van der Waals surface area contributed by atoms with Crippen molar-refractivity contribution in [1.82, 2.24) is 9.36 Å². The predicted octanol–water partition coefficient (Wildman–Crippen LogP) is 2.48. The lowest BCUT2D eigenvalue weighted by atomic mass is 10.1. The average molecular weight is 420 g/mol. The number of hydrogen-bond acceptors (Lipinski definition) is 4. The van der Waals surface area contributed by atoms with Crippen molar-refractivity contribution >= 4 is 23.2 Å². The van der Waals surface area contributed by atoms with Crippen molar-refractivity contribution in [1.29, 1.82) is 0 Å². The SMILES string of the molecule is COc1ccc(N2CC(C(=O)Nc3c(C)n(C)n(-c4ccccc4)c3=O)CC2=O)cc1. The van der Waals surface area contributed by atoms with Gasteiger partial charge in [-0.1, -0.05) is 18.2 Å². The number of anilines is 2. The number of hydrogen-bond donors (Lipinski definition) is 1. The highest BCUT2D eigenvalue weighted by molar-refractivity contribution is 6.03. The number of aromatic nitrogens is 2. The molecule has 0 saturated carbocycles. The molecule has 0 spiro atoms. The van der Waals surface area contributed by atoms with Crippen LogP contribution in [0.4, 0.5) is 11.4 Å². The van der Waals surface area contributed by atoms with E-state index in [4.69, 9.17) is 4.74 Å². The van der Waals surface area contributed by atoms with Crippen LogP contribution in [-0.4, -0.2) is 34.8 Å². The number of amides is 2. The smallest absolute Gasteiger partial charge is 0.295 e. The van der Waals surface area contributed by atoms with Gasteiger partial charge in [0.2, 0.25) is 11.8 Å². The Labute approximate surface area is 179 Å². The van der Waals surface area contributed by atoms with E-state index in [-0.39, 0.29) is 36.0 Å². The first-order valence-electron chi connectivity index (χ1n) is 10.00. The van der Waals surface area contributed by atoms with E-state index in [1.165, 1.54) is 4.68 Å². The molecule has 2 aromatic carbocycles. The minimum atomic E-state index is -0.543. The number of rotatable bonds is 5. The van der Waals surface area contributed by atoms with Gasteiger partial charge in [0.15, 0.2) is 0 Å². The van der Waals surface area contributed by atoms with Crippen molar-refractivity contribution in [2.75, 3.05) is 23.9 Å². The molecule has 1 aliphatic rings. The summed E-state index contributed by atoms with van der Waals surface area (Å²) in [5, 5.41) is 2.77. The van der Waals surface area contributed by atoms with Gasteiger partial charge in [-0.15, -0.1) is 0 Å². The number of nitrogens with zero attached hydrogens (tertiary/aromatic N) is 3. The summed E-state index contributed by atoms with van der Waals surface area (Å²) in [6.45, 7) is 2.04. The summed E-state index contributed by atoms with van der Waals surface area (Å²) in [5.41, 5.74) is 1.98. The number of carbonyl (C=O) groups is 2. The fourth-order valence-corrected chi connectivity index (χ4v) is 3.83. The second kappa shape index (κ2) is 8.14. The predicted molar refractivity (Wildman–Crippen MR) is 118 cm³/mol. The maximum absolute atomic E-state index is 13.0. The number of para-hydroxylation sites is 1. The van der Waals surface area contributed by atoms with Gasteiger partial charge in [0.1, 0.15) is 11.4 Å². The maximum Gasteiger partial charge on any atom is 0.295 e. The fraction of sp³-hybridized carbons (Fsp3) is 0.261. The van der Waals surface area contributed by atoms with Crippen LogP contribution in [0.2, 0.25) is 0 Å². The van der Waals surface area contributed by atoms with Gasteiger partial charge in [0, 0.05) is 25.7 Å². The molecule has 2 heterocycles. The highest BCUT2D eigenvalue weighted by atomic mass is 16.5. The summed E-state index contributed by atoms with van der Waals surface area (Å²) in [5.74, 6) is -0.315. The lowest BCUT2D eigenvalue weighted by Crippen LogP contribution is -2.29. The third kappa shape index (κ3) is 3.72. The molecule has 31 heavy (non-hydrogen) atoms. The number of carbonyl (C=O) groups excluding carboxylic acids is 2. The lowest BCUT2D eigenvalue weighted by Gasteiger charge is -2.17. The van der Waals surface area contributed by atoms with Crippen LogP contribution in [0.1, 0.15) is 12.1 Å². The maximum atomic E-state index is 13.0. The zero-order valence-corrected chi connectivity index (χ0v) is 17.7. The molecule has 1 aliphatic heterocycles. The lowest BCUT2D eigenvalue weighted by molar-refractivity contribution is -0.122. The van der Waals surface area contributed by atoms with Crippen LogP contribution in [0.5, 0.6) is 5.75 Å². The van der Waals surface area contributed by atoms with Gasteiger partial charge < -0.3 is 15.0 Å². The molecular weight excluding hydrogens is 396 g/mol. The summed E-state index contributed by atoms with van der Waals surface area (Å²) < 4.78 is 8.36. The average Bonchev–Trinajstić information content (AvgIpc) is 3.27. The van der Waals surface area contributed by atoms with Crippen LogP contribution >= 0.6 is 0 Å². The second-order valence-electron chi connectivity index (χ2n) is 7.53. The molecule has 1 atom stereocenters. The molecule has 1 saturated heterocycles. The molecule has 4 rings (SSSR count). The normalized spacial score (nSPS) is 15.9. The second-order valence-corrected chi connectivity index (χ2v) is 7.53. The molecular formula is C23H24N4O4. The topological polar surface area (TPSA) is 85.6 Å². The van der Waals surface area contributed by atoms with Crippen LogP contribution in [0.15, 0.2) is 59.4 Å². The third-order valence-corrected chi connectivity index (χ3v) is 5.68. The van der Waals surface area contributed by atoms with Crippen molar-refractivity contribution < 1.29 is 14.3 Å². The van der Waals surface area contributed by atoms with Crippen molar-refractivity contribution in [2.24, 2.45) is 13.0 Å². The summed E-state index contributed by atoms with van der Waals surface area (Å²) >= 11 is 0. The molecule has 1 N–H and O–H groups in total. The summed E-state index contributed by atoms with van der Waals surface area (Å²) in [6.07, 6.45) is 0.0939. The quantitative estimate of drug-likeness (QED) is 0.687. The summed E-state index contributed by atoms with van der Waals surface area (Å²) in [7, 11) is 3.34. The van der Waals surface area contributed by atoms with Crippen LogP contribution < -0.4 is 20.5 Å². The standard InChI is InChI=1S/C23H24N4O4/c1-15-21(23(30)27(25(15)2)18-7-5-4-6-8-18)24-22(29)16-13-20(28)26(14-16)17-9-11-19(31-3)12-10-17/h4-12,16H,13-14H2,1-3H3,(H,24,29). The van der Waals surface area contributed by atoms with Gasteiger partial charge in [-0.05, 0) is 43.3 Å². The fourth-order valence-electron chi connectivity index (χ4n) is 3.83. The Morgan fingerprint density at radius 3 is 2.35 bits per heavy atom. The van der Waals surface area contributed by atoms with E-state index in [1.807, 2.05) is 30.3 Å². The summed E-state index contributed by atoms with van der Waals surface area (Å²) in [6, 6.07) is 16.3. The highest BCUT2D eigenvalue weighted by Crippen LogP contribution is 2.27. The zero-order chi connectivity index (χ0) is 22.1. The Morgan fingerprint density at radius 1 is 1.03 bits per heavy atom. The largest absolute Gasteiger partial charge is 0.497 e. The monoisotopic (exact) mass is 420 g/mol. The molecule has 8 nitrogen and oxygen atoms in total. The van der Waals surface area contributed by atoms with E-state index in [1.54, 1.807) is 54.9 Å². The molecule has 8 heteroatoms. The number of ether oxygens (including phenoxy) is 1. The molecule has 3 aromatic rings. The molecule has 0 bridgehead atoms. The van der Waals surface area contributed by atoms with Gasteiger partial charge in [-0.25, -0.2) is 4.68 Å². The van der Waals surface area contributed by atoms with Gasteiger partial charge in [-0.3, -0.25) is 19.1 Å². The molecule has 0 aliphatic carbocycles. The van der Waals surface area contributed by atoms with Gasteiger partial charge in [-0.2, -0.15) is 0 Å². The Bertz CT molecular complexity index is 1180. The van der Waals surface area contributed by atoms with Crippen molar-refractivity contribution in [2.45, 2.75) is 13.3 Å². The van der Waals surface area contributed by atoms with Gasteiger partial charge in [0.25, 0.3) is 5.56 Å². The van der Waals surface area contributed by atoms with E-state index >= 15 is 0 Å². The molecule has 2 amide bonds. The zero-order valence-electron chi connectivity index (χ0n) is 17.7. The van der Waals surface area contributed by atoms with Crippen molar-refractivity contribution in [3.05, 3.63) is 70.6 Å². The van der Waals surface area contributed by atoms with Gasteiger partial charge in [0.05, 0.1) is 24.4 Å². The minimum absolute atomic E-state index is 0.0939. The van der Waals surface area contributed by atoms with E-state index in [0.717, 1.165) is 0 Å². The first-order valence-corrected chi connectivity index (χ1v) is 10.00. The number of benzene rings is 2. The third-order valence-electron chi connectivity index (χ3n) is 5.68. The highest BCUT2D eigenvalue weighted by Gasteiger charge is 2.36. The Hall–Kier alpha value is -3.81. The van der Waals surface area contributed by atoms with Crippen LogP contribution in [0, 0.1) is 12.8 Å². The van der Waals surface area contributed by atoms with Crippen LogP contribution in [0.25, 0.3) is 5.69 Å². The summed E-state index contributed by atoms with van der Waals surface area (Å²) in [4.78, 5) is 40.0. The molecule has 160 valence electrons. The Balaban J connectivity index is 1.54. The van der Waals surface area contributed by atoms with Crippen molar-refractivity contribution in [3.63, 3.8) is 0 Å². The molecule has 1 unspecified atom stereocenters. The van der Waals surface area contributed by atoms with Gasteiger partial charge >= 0.3 is 0 Å².